The zero-order chi connectivity index (χ0) is 15.3. The van der Waals surface area contributed by atoms with Crippen LogP contribution in [0.25, 0.3) is 0 Å². The summed E-state index contributed by atoms with van der Waals surface area (Å²) in [4.78, 5) is -0.114. The van der Waals surface area contributed by atoms with Crippen molar-refractivity contribution in [3.8, 4) is 5.75 Å². The summed E-state index contributed by atoms with van der Waals surface area (Å²) in [6, 6.07) is 4.59. The van der Waals surface area contributed by atoms with Crippen LogP contribution in [0.4, 0.5) is 13.2 Å². The Kier molecular flexibility index (Phi) is 3.21. The first-order valence-corrected chi connectivity index (χ1v) is 8.05. The maximum Gasteiger partial charge on any atom is 0.573 e. The molecule has 2 aliphatic rings. The number of ether oxygens (including phenoxy) is 1. The Morgan fingerprint density at radius 3 is 2.43 bits per heavy atom. The van der Waals surface area contributed by atoms with E-state index in [1.807, 2.05) is 0 Å². The molecule has 0 atom stereocenters. The Bertz CT molecular complexity index is 645. The van der Waals surface area contributed by atoms with Crippen molar-refractivity contribution in [3.05, 3.63) is 24.3 Å². The van der Waals surface area contributed by atoms with Gasteiger partial charge in [-0.15, -0.1) is 13.2 Å². The largest absolute Gasteiger partial charge is 0.573 e. The molecule has 1 saturated carbocycles. The molecular weight excluding hydrogens is 307 g/mol. The lowest BCUT2D eigenvalue weighted by atomic mass is 9.64. The lowest BCUT2D eigenvalue weighted by molar-refractivity contribution is -0.274. The lowest BCUT2D eigenvalue weighted by Gasteiger charge is -2.53. The molecule has 1 aliphatic heterocycles. The quantitative estimate of drug-likeness (QED) is 0.926. The van der Waals surface area contributed by atoms with E-state index in [2.05, 4.69) is 10.1 Å². The van der Waals surface area contributed by atoms with Crippen molar-refractivity contribution < 1.29 is 26.3 Å². The molecule has 8 heteroatoms. The summed E-state index contributed by atoms with van der Waals surface area (Å²) in [5, 5.41) is 2.60. The normalized spacial score (nSPS) is 21.7. The van der Waals surface area contributed by atoms with Crippen molar-refractivity contribution >= 4 is 9.84 Å². The van der Waals surface area contributed by atoms with Gasteiger partial charge < -0.3 is 10.1 Å². The van der Waals surface area contributed by atoms with E-state index in [4.69, 9.17) is 0 Å². The first-order valence-electron chi connectivity index (χ1n) is 6.51. The molecule has 0 bridgehead atoms. The molecule has 1 spiro atoms. The van der Waals surface area contributed by atoms with Gasteiger partial charge in [-0.25, -0.2) is 8.42 Å². The highest BCUT2D eigenvalue weighted by Crippen LogP contribution is 2.48. The van der Waals surface area contributed by atoms with Gasteiger partial charge in [0, 0.05) is 13.1 Å². The van der Waals surface area contributed by atoms with Gasteiger partial charge in [0.1, 0.15) is 5.75 Å². The Morgan fingerprint density at radius 1 is 1.24 bits per heavy atom. The van der Waals surface area contributed by atoms with Crippen LogP contribution in [0.1, 0.15) is 12.8 Å². The fourth-order valence-corrected chi connectivity index (χ4v) is 5.01. The summed E-state index contributed by atoms with van der Waals surface area (Å²) in [7, 11) is -3.60. The molecule has 4 nitrogen and oxygen atoms in total. The zero-order valence-electron chi connectivity index (χ0n) is 11.0. The maximum atomic E-state index is 12.4. The van der Waals surface area contributed by atoms with Gasteiger partial charge in [-0.3, -0.25) is 0 Å². The fourth-order valence-electron chi connectivity index (χ4n) is 2.93. The Morgan fingerprint density at radius 2 is 1.90 bits per heavy atom. The molecule has 21 heavy (non-hydrogen) atoms. The predicted octanol–water partition coefficient (Wildman–Crippen LogP) is 2.11. The van der Waals surface area contributed by atoms with Crippen LogP contribution in [0, 0.1) is 5.41 Å². The maximum absolute atomic E-state index is 12.4. The van der Waals surface area contributed by atoms with Crippen molar-refractivity contribution in [2.45, 2.75) is 29.3 Å². The third kappa shape index (κ3) is 2.74. The van der Waals surface area contributed by atoms with Gasteiger partial charge in [0.25, 0.3) is 0 Å². The van der Waals surface area contributed by atoms with E-state index in [1.54, 1.807) is 0 Å². The second-order valence-corrected chi connectivity index (χ2v) is 7.93. The third-order valence-electron chi connectivity index (χ3n) is 4.13. The number of alkyl halides is 3. The molecule has 116 valence electrons. The molecule has 0 radical (unpaired) electrons. The van der Waals surface area contributed by atoms with Gasteiger partial charge >= 0.3 is 6.36 Å². The number of nitrogens with one attached hydrogen (secondary N) is 1. The van der Waals surface area contributed by atoms with Gasteiger partial charge in [-0.2, -0.15) is 0 Å². The minimum absolute atomic E-state index is 0.0812. The van der Waals surface area contributed by atoms with Crippen LogP contribution < -0.4 is 10.1 Å². The van der Waals surface area contributed by atoms with Gasteiger partial charge in [-0.1, -0.05) is 6.07 Å². The average Bonchev–Trinajstić information content (AvgIpc) is 2.22. The topological polar surface area (TPSA) is 55.4 Å². The molecule has 1 aromatic carbocycles. The van der Waals surface area contributed by atoms with Crippen molar-refractivity contribution in [1.82, 2.24) is 5.32 Å². The SMILES string of the molecule is O=S(=O)(c1cccc(OC(F)(F)F)c1)C1CC2(CNC2)C1. The summed E-state index contributed by atoms with van der Waals surface area (Å²) in [5.41, 5.74) is 0.0812. The van der Waals surface area contributed by atoms with Crippen LogP contribution in [-0.4, -0.2) is 33.1 Å². The average molecular weight is 321 g/mol. The van der Waals surface area contributed by atoms with Crippen molar-refractivity contribution in [2.75, 3.05) is 13.1 Å². The molecule has 1 N–H and O–H groups in total. The molecule has 0 unspecified atom stereocenters. The number of hydrogen-bond acceptors (Lipinski definition) is 4. The van der Waals surface area contributed by atoms with E-state index >= 15 is 0 Å². The Balaban J connectivity index is 1.78. The van der Waals surface area contributed by atoms with Crippen LogP contribution in [0.5, 0.6) is 5.75 Å². The summed E-state index contributed by atoms with van der Waals surface area (Å²) in [5.74, 6) is -0.511. The van der Waals surface area contributed by atoms with E-state index in [1.165, 1.54) is 12.1 Å². The molecule has 3 rings (SSSR count). The van der Waals surface area contributed by atoms with Crippen LogP contribution in [0.2, 0.25) is 0 Å². The number of rotatable bonds is 3. The van der Waals surface area contributed by atoms with Gasteiger partial charge in [0.05, 0.1) is 10.1 Å². The molecule has 0 amide bonds. The highest BCUT2D eigenvalue weighted by atomic mass is 32.2. The van der Waals surface area contributed by atoms with Crippen molar-refractivity contribution in [2.24, 2.45) is 5.41 Å². The number of sulfone groups is 1. The van der Waals surface area contributed by atoms with Crippen LogP contribution in [-0.2, 0) is 9.84 Å². The molecular formula is C13H14F3NO3S. The van der Waals surface area contributed by atoms with Crippen LogP contribution in [0.15, 0.2) is 29.2 Å². The molecule has 1 aliphatic carbocycles. The number of benzene rings is 1. The van der Waals surface area contributed by atoms with E-state index in [0.717, 1.165) is 25.2 Å². The standard InChI is InChI=1S/C13H14F3NO3S/c14-13(15,16)20-9-2-1-3-10(4-9)21(18,19)11-5-12(6-11)7-17-8-12/h1-4,11,17H,5-8H2. The minimum Gasteiger partial charge on any atom is -0.406 e. The van der Waals surface area contributed by atoms with Crippen molar-refractivity contribution in [3.63, 3.8) is 0 Å². The highest BCUT2D eigenvalue weighted by molar-refractivity contribution is 7.92. The number of halogens is 3. The predicted molar refractivity (Wildman–Crippen MR) is 68.6 cm³/mol. The van der Waals surface area contributed by atoms with Crippen LogP contribution in [0.3, 0.4) is 0 Å². The molecule has 1 saturated heterocycles. The van der Waals surface area contributed by atoms with Crippen molar-refractivity contribution in [1.29, 1.82) is 0 Å². The van der Waals surface area contributed by atoms with Crippen LogP contribution >= 0.6 is 0 Å². The monoisotopic (exact) mass is 321 g/mol. The summed E-state index contributed by atoms with van der Waals surface area (Å²) >= 11 is 0. The number of hydrogen-bond donors (Lipinski definition) is 1. The second-order valence-electron chi connectivity index (χ2n) is 5.70. The summed E-state index contributed by atoms with van der Waals surface area (Å²) in [6.07, 6.45) is -3.71. The summed E-state index contributed by atoms with van der Waals surface area (Å²) in [6.45, 7) is 1.63. The fraction of sp³-hybridized carbons (Fsp3) is 0.538. The van der Waals surface area contributed by atoms with Gasteiger partial charge in [0.15, 0.2) is 9.84 Å². The lowest BCUT2D eigenvalue weighted by Crippen LogP contribution is -2.63. The Labute approximate surface area is 120 Å². The van der Waals surface area contributed by atoms with E-state index in [9.17, 15) is 21.6 Å². The molecule has 2 fully saturated rings. The highest BCUT2D eigenvalue weighted by Gasteiger charge is 2.53. The van der Waals surface area contributed by atoms with Gasteiger partial charge in [0.2, 0.25) is 0 Å². The first-order chi connectivity index (χ1) is 9.70. The first kappa shape index (κ1) is 14.6. The smallest absolute Gasteiger partial charge is 0.406 e. The van der Waals surface area contributed by atoms with E-state index < -0.39 is 27.2 Å². The molecule has 0 aromatic heterocycles. The molecule has 1 aromatic rings. The minimum atomic E-state index is -4.83. The van der Waals surface area contributed by atoms with E-state index in [0.29, 0.717) is 12.8 Å². The Hall–Kier alpha value is -1.28. The summed E-state index contributed by atoms with van der Waals surface area (Å²) < 4.78 is 65.1. The second kappa shape index (κ2) is 4.61. The third-order valence-corrected chi connectivity index (χ3v) is 6.25. The molecule has 1 heterocycles. The van der Waals surface area contributed by atoms with Gasteiger partial charge in [-0.05, 0) is 36.5 Å². The zero-order valence-corrected chi connectivity index (χ0v) is 11.8. The van der Waals surface area contributed by atoms with E-state index in [-0.39, 0.29) is 10.3 Å².